The van der Waals surface area contributed by atoms with E-state index in [0.29, 0.717) is 44.8 Å². The number of anilines is 1. The summed E-state index contributed by atoms with van der Waals surface area (Å²) in [4.78, 5) is 16.7. The van der Waals surface area contributed by atoms with Gasteiger partial charge in [0.25, 0.3) is 6.43 Å². The maximum absolute atomic E-state index is 13.6. The summed E-state index contributed by atoms with van der Waals surface area (Å²) in [6.45, 7) is 3.08. The van der Waals surface area contributed by atoms with Gasteiger partial charge in [-0.2, -0.15) is 10.4 Å². The Bertz CT molecular complexity index is 1060. The Balaban J connectivity index is 1.46. The molecular formula is C22H26F3N7O. The molecule has 0 saturated heterocycles. The summed E-state index contributed by atoms with van der Waals surface area (Å²) in [5.41, 5.74) is 3.24. The summed E-state index contributed by atoms with van der Waals surface area (Å²) >= 11 is 0. The molecule has 1 atom stereocenters. The van der Waals surface area contributed by atoms with Gasteiger partial charge < -0.3 is 20.4 Å². The lowest BCUT2D eigenvalue weighted by atomic mass is 10.1. The number of alkyl halides is 2. The van der Waals surface area contributed by atoms with Crippen molar-refractivity contribution in [2.24, 2.45) is 5.92 Å². The molecule has 8 nitrogen and oxygen atoms in total. The van der Waals surface area contributed by atoms with Crippen molar-refractivity contribution in [2.45, 2.75) is 32.5 Å². The van der Waals surface area contributed by atoms with E-state index >= 15 is 0 Å². The zero-order chi connectivity index (χ0) is 23.5. The van der Waals surface area contributed by atoms with Gasteiger partial charge in [0.15, 0.2) is 0 Å². The van der Waals surface area contributed by atoms with Crippen LogP contribution in [0.2, 0.25) is 0 Å². The molecule has 2 amide bonds. The van der Waals surface area contributed by atoms with Gasteiger partial charge in [0, 0.05) is 56.3 Å². The van der Waals surface area contributed by atoms with Crippen molar-refractivity contribution in [3.63, 3.8) is 0 Å². The average Bonchev–Trinajstić information content (AvgIpc) is 3.01. The highest BCUT2D eigenvalue weighted by Gasteiger charge is 2.30. The molecule has 2 aliphatic rings. The fourth-order valence-corrected chi connectivity index (χ4v) is 4.46. The van der Waals surface area contributed by atoms with E-state index in [-0.39, 0.29) is 24.1 Å². The molecule has 1 aromatic heterocycles. The number of hydrogen-bond acceptors (Lipinski definition) is 5. The Labute approximate surface area is 189 Å². The Morgan fingerprint density at radius 1 is 1.33 bits per heavy atom. The number of halogens is 3. The number of nitrogens with zero attached hydrogens (tertiary/aromatic N) is 5. The molecule has 2 N–H and O–H groups in total. The summed E-state index contributed by atoms with van der Waals surface area (Å²) < 4.78 is 40.5. The van der Waals surface area contributed by atoms with E-state index < -0.39 is 12.2 Å². The van der Waals surface area contributed by atoms with Crippen molar-refractivity contribution < 1.29 is 18.0 Å². The van der Waals surface area contributed by atoms with Crippen LogP contribution in [0.25, 0.3) is 0 Å². The molecule has 3 heterocycles. The molecule has 1 aromatic carbocycles. The highest BCUT2D eigenvalue weighted by molar-refractivity contribution is 5.89. The number of aromatic nitrogens is 2. The van der Waals surface area contributed by atoms with Crippen molar-refractivity contribution in [1.82, 2.24) is 24.9 Å². The van der Waals surface area contributed by atoms with Gasteiger partial charge in [-0.15, -0.1) is 0 Å². The zero-order valence-corrected chi connectivity index (χ0v) is 18.3. The number of benzene rings is 1. The van der Waals surface area contributed by atoms with Gasteiger partial charge >= 0.3 is 6.03 Å². The van der Waals surface area contributed by atoms with Gasteiger partial charge in [-0.05, 0) is 25.2 Å². The molecule has 0 saturated carbocycles. The second-order valence-electron chi connectivity index (χ2n) is 8.57. The zero-order valence-electron chi connectivity index (χ0n) is 18.3. The maximum atomic E-state index is 13.6. The van der Waals surface area contributed by atoms with Crippen molar-refractivity contribution in [2.75, 3.05) is 38.5 Å². The first-order valence-electron chi connectivity index (χ1n) is 10.8. The first kappa shape index (κ1) is 23.1. The van der Waals surface area contributed by atoms with Gasteiger partial charge in [0.2, 0.25) is 0 Å². The summed E-state index contributed by atoms with van der Waals surface area (Å²) in [5.74, 6) is -0.490. The lowest BCUT2D eigenvalue weighted by Crippen LogP contribution is -2.39. The number of nitrogens with one attached hydrogen (secondary N) is 2. The highest BCUT2D eigenvalue weighted by Crippen LogP contribution is 2.27. The lowest BCUT2D eigenvalue weighted by Gasteiger charge is -2.27. The van der Waals surface area contributed by atoms with E-state index in [1.165, 1.54) is 12.1 Å². The van der Waals surface area contributed by atoms with Crippen LogP contribution in [0.3, 0.4) is 0 Å². The van der Waals surface area contributed by atoms with E-state index in [0.717, 1.165) is 29.6 Å². The highest BCUT2D eigenvalue weighted by atomic mass is 19.3. The molecule has 2 aliphatic heterocycles. The summed E-state index contributed by atoms with van der Waals surface area (Å²) in [7, 11) is 1.99. The van der Waals surface area contributed by atoms with Gasteiger partial charge in [-0.1, -0.05) is 0 Å². The van der Waals surface area contributed by atoms with Crippen LogP contribution in [-0.4, -0.2) is 65.3 Å². The summed E-state index contributed by atoms with van der Waals surface area (Å²) in [5, 5.41) is 19.3. The number of urea groups is 1. The molecule has 176 valence electrons. The minimum Gasteiger partial charge on any atom is -0.320 e. The van der Waals surface area contributed by atoms with Crippen LogP contribution in [0.5, 0.6) is 0 Å². The van der Waals surface area contributed by atoms with Crippen LogP contribution in [0.1, 0.15) is 22.5 Å². The van der Waals surface area contributed by atoms with Crippen molar-refractivity contribution in [3.05, 3.63) is 46.5 Å². The molecule has 0 unspecified atom stereocenters. The van der Waals surface area contributed by atoms with Crippen LogP contribution >= 0.6 is 0 Å². The van der Waals surface area contributed by atoms with Gasteiger partial charge in [-0.25, -0.2) is 18.0 Å². The summed E-state index contributed by atoms with van der Waals surface area (Å²) in [6.07, 6.45) is -1.77. The lowest BCUT2D eigenvalue weighted by molar-refractivity contribution is 0.142. The van der Waals surface area contributed by atoms with Crippen molar-refractivity contribution in [1.29, 1.82) is 5.26 Å². The number of rotatable bonds is 5. The predicted octanol–water partition coefficient (Wildman–Crippen LogP) is 2.40. The molecule has 0 bridgehead atoms. The second kappa shape index (κ2) is 9.80. The molecule has 0 fully saturated rings. The molecule has 0 radical (unpaired) electrons. The first-order chi connectivity index (χ1) is 15.8. The Morgan fingerprint density at radius 2 is 2.15 bits per heavy atom. The third kappa shape index (κ3) is 5.29. The molecule has 0 spiro atoms. The molecule has 2 aromatic rings. The minimum absolute atomic E-state index is 0.128. The van der Waals surface area contributed by atoms with Crippen LogP contribution in [0.15, 0.2) is 18.2 Å². The van der Waals surface area contributed by atoms with Crippen LogP contribution in [0, 0.1) is 23.1 Å². The number of fused-ring (bicyclic) bond motifs is 3. The Hall–Kier alpha value is -3.10. The van der Waals surface area contributed by atoms with E-state index in [2.05, 4.69) is 15.5 Å². The summed E-state index contributed by atoms with van der Waals surface area (Å²) in [6, 6.07) is 5.33. The normalized spacial score (nSPS) is 18.4. The molecule has 0 aliphatic carbocycles. The van der Waals surface area contributed by atoms with E-state index in [1.807, 2.05) is 11.7 Å². The van der Waals surface area contributed by atoms with Gasteiger partial charge in [0.1, 0.15) is 11.9 Å². The Morgan fingerprint density at radius 3 is 2.91 bits per heavy atom. The first-order valence-corrected chi connectivity index (χ1v) is 10.8. The molecule has 4 rings (SSSR count). The van der Waals surface area contributed by atoms with Crippen LogP contribution < -0.4 is 10.6 Å². The fourth-order valence-electron chi connectivity index (χ4n) is 4.46. The third-order valence-electron chi connectivity index (χ3n) is 5.99. The number of carbonyl (C=O) groups is 1. The smallest absolute Gasteiger partial charge is 0.320 e. The molecular weight excluding hydrogens is 435 g/mol. The largest absolute Gasteiger partial charge is 0.322 e. The topological polar surface area (TPSA) is 89.2 Å². The number of carbonyl (C=O) groups excluding carboxylic acids is 1. The van der Waals surface area contributed by atoms with Gasteiger partial charge in [-0.3, -0.25) is 4.68 Å². The number of hydrogen-bond donors (Lipinski definition) is 2. The number of nitriles is 1. The fraction of sp³-hybridized carbons (Fsp3) is 0.500. The van der Waals surface area contributed by atoms with Crippen LogP contribution in [0.4, 0.5) is 23.7 Å². The molecule has 11 heteroatoms. The Kier molecular flexibility index (Phi) is 6.85. The quantitative estimate of drug-likeness (QED) is 0.714. The van der Waals surface area contributed by atoms with E-state index in [9.17, 15) is 18.0 Å². The van der Waals surface area contributed by atoms with E-state index in [4.69, 9.17) is 10.4 Å². The standard InChI is InChI=1S/C22H26F3N7O/c1-30-10-14(8-27-9-21(24)25)11-32-20(13-30)17-12-31(5-4-19(17)29-32)22(33)28-16-2-3-18(23)15(6-16)7-26/h2-3,6,14,21,27H,4-5,8-13H2,1H3,(H,28,33)/t14-/m0/s1. The van der Waals surface area contributed by atoms with Crippen molar-refractivity contribution >= 4 is 11.7 Å². The SMILES string of the molecule is CN1Cc2c3c(nn2C[C@@H](CNCC(F)F)C1)CCN(C(=O)Nc1ccc(F)c(C#N)c1)C3. The third-order valence-corrected chi connectivity index (χ3v) is 5.99. The number of amides is 2. The van der Waals surface area contributed by atoms with Gasteiger partial charge in [0.05, 0.1) is 30.0 Å². The van der Waals surface area contributed by atoms with Crippen molar-refractivity contribution in [3.8, 4) is 6.07 Å². The van der Waals surface area contributed by atoms with Crippen LogP contribution in [-0.2, 0) is 26.1 Å². The monoisotopic (exact) mass is 461 g/mol. The van der Waals surface area contributed by atoms with E-state index in [1.54, 1.807) is 11.0 Å². The minimum atomic E-state index is -2.38. The molecule has 33 heavy (non-hydrogen) atoms. The maximum Gasteiger partial charge on any atom is 0.322 e. The second-order valence-corrected chi connectivity index (χ2v) is 8.57. The predicted molar refractivity (Wildman–Crippen MR) is 115 cm³/mol. The average molecular weight is 461 g/mol.